The largest absolute Gasteiger partial charge is 0.244 e. The quantitative estimate of drug-likeness (QED) is 0.579. The molecular formula is C15H12Cl2N6O4S2. The topological polar surface area (TPSA) is 158 Å². The van der Waals surface area contributed by atoms with E-state index < -0.39 is 31.4 Å². The van der Waals surface area contributed by atoms with Crippen LogP contribution in [0.1, 0.15) is 17.5 Å². The molecule has 0 N–H and O–H groups in total. The summed E-state index contributed by atoms with van der Waals surface area (Å²) in [6, 6.07) is 7.05. The van der Waals surface area contributed by atoms with Gasteiger partial charge in [0.2, 0.25) is 26.5 Å². The maximum absolute atomic E-state index is 12.4. The zero-order valence-electron chi connectivity index (χ0n) is 14.7. The standard InChI is InChI=1S/C15H12Cl2N6O4S2/c1-23(15-21-13(16)20-14(17)22-15)29(26,27)6-2-5-28(24,25)12-4-3-10(8-18)11(7-12)9-19/h3-4,7H,2,5-6H2,1H3. The first-order valence-corrected chi connectivity index (χ1v) is 11.7. The molecule has 1 aromatic carbocycles. The summed E-state index contributed by atoms with van der Waals surface area (Å²) in [7, 11) is -6.67. The second-order valence-electron chi connectivity index (χ2n) is 5.56. The van der Waals surface area contributed by atoms with E-state index in [1.807, 2.05) is 0 Å². The van der Waals surface area contributed by atoms with E-state index in [9.17, 15) is 16.8 Å². The molecule has 0 aliphatic heterocycles. The molecule has 0 amide bonds. The molecule has 14 heteroatoms. The number of halogens is 2. The second kappa shape index (κ2) is 8.88. The summed E-state index contributed by atoms with van der Waals surface area (Å²) in [6.45, 7) is 0. The van der Waals surface area contributed by atoms with Crippen LogP contribution in [0.15, 0.2) is 23.1 Å². The number of nitrogens with zero attached hydrogens (tertiary/aromatic N) is 6. The van der Waals surface area contributed by atoms with Crippen LogP contribution in [0.5, 0.6) is 0 Å². The molecule has 1 aromatic heterocycles. The van der Waals surface area contributed by atoms with Gasteiger partial charge in [-0.25, -0.2) is 21.1 Å². The van der Waals surface area contributed by atoms with Crippen LogP contribution < -0.4 is 4.31 Å². The summed E-state index contributed by atoms with van der Waals surface area (Å²) >= 11 is 11.3. The van der Waals surface area contributed by atoms with Gasteiger partial charge in [0, 0.05) is 7.05 Å². The third-order valence-corrected chi connectivity index (χ3v) is 7.61. The van der Waals surface area contributed by atoms with Crippen molar-refractivity contribution >= 4 is 49.0 Å². The third-order valence-electron chi connectivity index (χ3n) is 3.67. The number of anilines is 1. The maximum atomic E-state index is 12.4. The summed E-state index contributed by atoms with van der Waals surface area (Å²) in [5.74, 6) is -1.32. The second-order valence-corrected chi connectivity index (χ2v) is 10.5. The number of hydrogen-bond acceptors (Lipinski definition) is 9. The Morgan fingerprint density at radius 3 is 2.10 bits per heavy atom. The maximum Gasteiger partial charge on any atom is 0.244 e. The van der Waals surface area contributed by atoms with Crippen molar-refractivity contribution in [3.63, 3.8) is 0 Å². The minimum absolute atomic E-state index is 0.0466. The van der Waals surface area contributed by atoms with Crippen molar-refractivity contribution in [2.24, 2.45) is 0 Å². The number of aromatic nitrogens is 3. The van der Waals surface area contributed by atoms with Crippen LogP contribution in [0, 0.1) is 22.7 Å². The van der Waals surface area contributed by atoms with Gasteiger partial charge < -0.3 is 0 Å². The molecule has 2 rings (SSSR count). The first-order valence-electron chi connectivity index (χ1n) is 7.71. The molecule has 0 spiro atoms. The van der Waals surface area contributed by atoms with E-state index in [-0.39, 0.29) is 39.0 Å². The minimum Gasteiger partial charge on any atom is -0.241 e. The summed E-state index contributed by atoms with van der Waals surface area (Å²) in [5, 5.41) is 17.3. The molecule has 2 aromatic rings. The van der Waals surface area contributed by atoms with E-state index in [1.54, 1.807) is 12.1 Å². The van der Waals surface area contributed by atoms with E-state index in [0.29, 0.717) is 0 Å². The Hall–Kier alpha value is -2.51. The fourth-order valence-corrected chi connectivity index (χ4v) is 5.16. The van der Waals surface area contributed by atoms with Gasteiger partial charge in [0.1, 0.15) is 12.1 Å². The zero-order chi connectivity index (χ0) is 21.8. The van der Waals surface area contributed by atoms with Crippen LogP contribution in [0.4, 0.5) is 5.95 Å². The fraction of sp³-hybridized carbons (Fsp3) is 0.267. The molecule has 0 aliphatic rings. The highest BCUT2D eigenvalue weighted by Gasteiger charge is 2.24. The molecule has 0 unspecified atom stereocenters. The summed E-state index contributed by atoms with van der Waals surface area (Å²) in [6.07, 6.45) is -0.233. The van der Waals surface area contributed by atoms with Gasteiger partial charge in [-0.2, -0.15) is 25.5 Å². The number of hydrogen-bond donors (Lipinski definition) is 0. The lowest BCUT2D eigenvalue weighted by atomic mass is 10.1. The van der Waals surface area contributed by atoms with E-state index >= 15 is 0 Å². The zero-order valence-corrected chi connectivity index (χ0v) is 17.9. The lowest BCUT2D eigenvalue weighted by molar-refractivity contribution is 0.588. The summed E-state index contributed by atoms with van der Waals surface area (Å²) in [5.41, 5.74) is -0.0325. The van der Waals surface area contributed by atoms with E-state index in [1.165, 1.54) is 19.2 Å². The first kappa shape index (κ1) is 22.8. The molecule has 0 fully saturated rings. The first-order chi connectivity index (χ1) is 13.5. The number of rotatable bonds is 7. The van der Waals surface area contributed by atoms with Gasteiger partial charge in [-0.05, 0) is 47.8 Å². The Morgan fingerprint density at radius 1 is 0.966 bits per heavy atom. The van der Waals surface area contributed by atoms with Crippen molar-refractivity contribution in [1.29, 1.82) is 10.5 Å². The molecule has 0 bridgehead atoms. The highest BCUT2D eigenvalue weighted by atomic mass is 35.5. The summed E-state index contributed by atoms with van der Waals surface area (Å²) in [4.78, 5) is 10.7. The van der Waals surface area contributed by atoms with E-state index in [2.05, 4.69) is 15.0 Å². The number of nitriles is 2. The van der Waals surface area contributed by atoms with Gasteiger partial charge in [0.25, 0.3) is 0 Å². The van der Waals surface area contributed by atoms with Gasteiger partial charge in [-0.3, -0.25) is 0 Å². The van der Waals surface area contributed by atoms with Crippen molar-refractivity contribution < 1.29 is 16.8 Å². The highest BCUT2D eigenvalue weighted by Crippen LogP contribution is 2.19. The predicted octanol–water partition coefficient (Wildman–Crippen LogP) is 1.55. The van der Waals surface area contributed by atoms with Crippen LogP contribution in [-0.2, 0) is 19.9 Å². The van der Waals surface area contributed by atoms with Gasteiger partial charge in [0.15, 0.2) is 9.84 Å². The highest BCUT2D eigenvalue weighted by molar-refractivity contribution is 7.93. The minimum atomic E-state index is -3.97. The van der Waals surface area contributed by atoms with Crippen LogP contribution in [0.2, 0.25) is 10.6 Å². The monoisotopic (exact) mass is 474 g/mol. The van der Waals surface area contributed by atoms with Crippen LogP contribution >= 0.6 is 23.2 Å². The Balaban J connectivity index is 2.13. The molecule has 0 atom stereocenters. The van der Waals surface area contributed by atoms with Crippen molar-refractivity contribution in [1.82, 2.24) is 15.0 Å². The Kier molecular flexibility index (Phi) is 6.97. The van der Waals surface area contributed by atoms with Gasteiger partial charge in [-0.15, -0.1) is 0 Å². The normalized spacial score (nSPS) is 11.5. The molecule has 0 saturated heterocycles. The molecule has 0 saturated carbocycles. The Morgan fingerprint density at radius 2 is 1.55 bits per heavy atom. The molecule has 152 valence electrons. The third kappa shape index (κ3) is 5.52. The number of sulfonamides is 1. The molecule has 0 radical (unpaired) electrons. The SMILES string of the molecule is CN(c1nc(Cl)nc(Cl)n1)S(=O)(=O)CCCS(=O)(=O)c1ccc(C#N)c(C#N)c1. The van der Waals surface area contributed by atoms with Crippen molar-refractivity contribution in [2.45, 2.75) is 11.3 Å². The van der Waals surface area contributed by atoms with Crippen molar-refractivity contribution in [3.05, 3.63) is 39.9 Å². The summed E-state index contributed by atoms with van der Waals surface area (Å²) < 4.78 is 50.5. The van der Waals surface area contributed by atoms with Crippen LogP contribution in [0.3, 0.4) is 0 Å². The molecular weight excluding hydrogens is 463 g/mol. The van der Waals surface area contributed by atoms with Crippen LogP contribution in [0.25, 0.3) is 0 Å². The molecule has 0 aliphatic carbocycles. The van der Waals surface area contributed by atoms with Gasteiger partial charge >= 0.3 is 0 Å². The Labute approximate surface area is 177 Å². The lowest BCUT2D eigenvalue weighted by Gasteiger charge is -2.17. The van der Waals surface area contributed by atoms with Crippen LogP contribution in [-0.4, -0.2) is 50.3 Å². The molecule has 10 nitrogen and oxygen atoms in total. The Bertz CT molecular complexity index is 1220. The smallest absolute Gasteiger partial charge is 0.241 e. The lowest BCUT2D eigenvalue weighted by Crippen LogP contribution is -2.31. The average molecular weight is 475 g/mol. The van der Waals surface area contributed by atoms with E-state index in [0.717, 1.165) is 10.4 Å². The fourth-order valence-electron chi connectivity index (χ4n) is 2.17. The molecule has 1 heterocycles. The number of benzene rings is 1. The van der Waals surface area contributed by atoms with Gasteiger partial charge in [0.05, 0.1) is 27.5 Å². The number of sulfone groups is 1. The van der Waals surface area contributed by atoms with Gasteiger partial charge in [-0.1, -0.05) is 0 Å². The predicted molar refractivity (Wildman–Crippen MR) is 105 cm³/mol. The van der Waals surface area contributed by atoms with E-state index in [4.69, 9.17) is 33.7 Å². The molecule has 29 heavy (non-hydrogen) atoms. The van der Waals surface area contributed by atoms with Crippen molar-refractivity contribution in [3.8, 4) is 12.1 Å². The average Bonchev–Trinajstić information content (AvgIpc) is 2.65. The van der Waals surface area contributed by atoms with Crippen molar-refractivity contribution in [2.75, 3.05) is 22.9 Å².